The molecule has 1 saturated heterocycles. The number of anilines is 2. The number of nitrogens with zero attached hydrogens (tertiary/aromatic N) is 3. The molecule has 1 fully saturated rings. The molecule has 0 radical (unpaired) electrons. The summed E-state index contributed by atoms with van der Waals surface area (Å²) in [6, 6.07) is 3.82. The maximum Gasteiger partial charge on any atom is 0.407 e. The fourth-order valence-electron chi connectivity index (χ4n) is 2.12. The summed E-state index contributed by atoms with van der Waals surface area (Å²) < 4.78 is 0. The Morgan fingerprint density at radius 1 is 1.33 bits per heavy atom. The van der Waals surface area contributed by atoms with Crippen molar-refractivity contribution in [3.63, 3.8) is 0 Å². The second-order valence-electron chi connectivity index (χ2n) is 5.83. The highest BCUT2D eigenvalue weighted by atomic mass is 16.4. The van der Waals surface area contributed by atoms with Crippen LogP contribution in [0.3, 0.4) is 0 Å². The number of rotatable bonds is 4. The van der Waals surface area contributed by atoms with Gasteiger partial charge in [0.2, 0.25) is 0 Å². The molecule has 21 heavy (non-hydrogen) atoms. The Bertz CT molecular complexity index is 476. The fraction of sp³-hybridized carbons (Fsp3) is 0.571. The van der Waals surface area contributed by atoms with E-state index in [-0.39, 0.29) is 0 Å². The van der Waals surface area contributed by atoms with E-state index >= 15 is 0 Å². The molecule has 0 spiro atoms. The average Bonchev–Trinajstić information content (AvgIpc) is 2.45. The molecule has 1 aliphatic rings. The predicted molar refractivity (Wildman–Crippen MR) is 80.8 cm³/mol. The monoisotopic (exact) mass is 294 g/mol. The van der Waals surface area contributed by atoms with E-state index in [1.165, 1.54) is 4.90 Å². The van der Waals surface area contributed by atoms with Gasteiger partial charge in [-0.15, -0.1) is 0 Å². The number of pyridine rings is 1. The molecule has 1 aromatic heterocycles. The van der Waals surface area contributed by atoms with Crippen LogP contribution in [-0.4, -0.2) is 64.5 Å². The summed E-state index contributed by atoms with van der Waals surface area (Å²) >= 11 is 0. The molecule has 0 atom stereocenters. The van der Waals surface area contributed by atoms with Crippen LogP contribution in [0.15, 0.2) is 18.3 Å². The van der Waals surface area contributed by atoms with Crippen LogP contribution in [0.2, 0.25) is 0 Å². The van der Waals surface area contributed by atoms with Gasteiger partial charge in [0, 0.05) is 32.7 Å². The Balaban J connectivity index is 1.89. The minimum atomic E-state index is -0.867. The summed E-state index contributed by atoms with van der Waals surface area (Å²) in [6.07, 6.45) is 0.860. The highest BCUT2D eigenvalue weighted by Gasteiger charge is 2.21. The van der Waals surface area contributed by atoms with Crippen LogP contribution in [0.5, 0.6) is 0 Å². The van der Waals surface area contributed by atoms with Crippen molar-refractivity contribution in [2.24, 2.45) is 0 Å². The van der Waals surface area contributed by atoms with Crippen LogP contribution in [-0.2, 0) is 0 Å². The summed E-state index contributed by atoms with van der Waals surface area (Å²) in [6.45, 7) is 6.22. The topological polar surface area (TPSA) is 88.9 Å². The third-order valence-corrected chi connectivity index (χ3v) is 3.35. The van der Waals surface area contributed by atoms with Gasteiger partial charge in [-0.1, -0.05) is 0 Å². The number of carboxylic acid groups (broad SMARTS) is 1. The lowest BCUT2D eigenvalue weighted by molar-refractivity contribution is 0.0945. The third-order valence-electron chi connectivity index (χ3n) is 3.35. The molecule has 0 saturated carbocycles. The molecular formula is C14H22N4O3. The maximum absolute atomic E-state index is 10.9. The highest BCUT2D eigenvalue weighted by Crippen LogP contribution is 2.16. The molecule has 7 heteroatoms. The minimum absolute atomic E-state index is 0.450. The van der Waals surface area contributed by atoms with E-state index in [0.717, 1.165) is 11.5 Å². The first-order valence-corrected chi connectivity index (χ1v) is 7.00. The number of carbonyl (C=O) groups is 1. The van der Waals surface area contributed by atoms with Crippen LogP contribution in [0.1, 0.15) is 13.8 Å². The zero-order valence-electron chi connectivity index (χ0n) is 12.4. The Hall–Kier alpha value is -2.02. The quantitative estimate of drug-likeness (QED) is 0.769. The molecule has 0 bridgehead atoms. The van der Waals surface area contributed by atoms with Crippen LogP contribution >= 0.6 is 0 Å². The van der Waals surface area contributed by atoms with Crippen molar-refractivity contribution in [3.8, 4) is 0 Å². The first-order valence-electron chi connectivity index (χ1n) is 7.00. The first-order chi connectivity index (χ1) is 9.85. The molecular weight excluding hydrogens is 272 g/mol. The van der Waals surface area contributed by atoms with Crippen LogP contribution in [0.25, 0.3) is 0 Å². The van der Waals surface area contributed by atoms with Gasteiger partial charge < -0.3 is 25.3 Å². The normalized spacial score (nSPS) is 16.0. The number of aromatic nitrogens is 1. The van der Waals surface area contributed by atoms with Crippen molar-refractivity contribution in [3.05, 3.63) is 18.3 Å². The van der Waals surface area contributed by atoms with Crippen molar-refractivity contribution in [1.29, 1.82) is 0 Å². The van der Waals surface area contributed by atoms with E-state index in [1.54, 1.807) is 20.0 Å². The minimum Gasteiger partial charge on any atom is -0.465 e. The van der Waals surface area contributed by atoms with Gasteiger partial charge in [0.05, 0.1) is 17.5 Å². The molecule has 1 aromatic rings. The lowest BCUT2D eigenvalue weighted by atomic mass is 10.1. The molecule has 0 aromatic carbocycles. The summed E-state index contributed by atoms with van der Waals surface area (Å²) in [5, 5.41) is 21.7. The van der Waals surface area contributed by atoms with E-state index in [2.05, 4.69) is 15.2 Å². The summed E-state index contributed by atoms with van der Waals surface area (Å²) in [7, 11) is 0. The van der Waals surface area contributed by atoms with Gasteiger partial charge in [-0.25, -0.2) is 9.78 Å². The third kappa shape index (κ3) is 4.49. The Morgan fingerprint density at radius 3 is 2.48 bits per heavy atom. The second kappa shape index (κ2) is 6.17. The number of amides is 1. The predicted octanol–water partition coefficient (Wildman–Crippen LogP) is 1.06. The number of aliphatic hydroxyl groups is 1. The van der Waals surface area contributed by atoms with E-state index in [1.807, 2.05) is 12.1 Å². The van der Waals surface area contributed by atoms with E-state index in [9.17, 15) is 9.90 Å². The molecule has 0 unspecified atom stereocenters. The van der Waals surface area contributed by atoms with Gasteiger partial charge in [0.1, 0.15) is 5.82 Å². The average molecular weight is 294 g/mol. The zero-order chi connectivity index (χ0) is 15.5. The van der Waals surface area contributed by atoms with Crippen molar-refractivity contribution >= 4 is 17.6 Å². The van der Waals surface area contributed by atoms with Crippen molar-refractivity contribution < 1.29 is 15.0 Å². The summed E-state index contributed by atoms with van der Waals surface area (Å²) in [4.78, 5) is 18.7. The Labute approximate surface area is 124 Å². The summed E-state index contributed by atoms with van der Waals surface area (Å²) in [5.41, 5.74) is 0.0799. The molecule has 1 amide bonds. The largest absolute Gasteiger partial charge is 0.465 e. The van der Waals surface area contributed by atoms with Gasteiger partial charge in [-0.3, -0.25) is 0 Å². The summed E-state index contributed by atoms with van der Waals surface area (Å²) in [5.74, 6) is 0.842. The van der Waals surface area contributed by atoms with Crippen molar-refractivity contribution in [2.75, 3.05) is 42.9 Å². The molecule has 1 aliphatic heterocycles. The molecule has 116 valence electrons. The van der Waals surface area contributed by atoms with Crippen LogP contribution in [0.4, 0.5) is 16.3 Å². The number of hydrogen-bond donors (Lipinski definition) is 3. The highest BCUT2D eigenvalue weighted by molar-refractivity contribution is 5.65. The zero-order valence-corrected chi connectivity index (χ0v) is 12.4. The van der Waals surface area contributed by atoms with Gasteiger partial charge >= 0.3 is 6.09 Å². The number of piperazine rings is 1. The van der Waals surface area contributed by atoms with E-state index in [4.69, 9.17) is 5.11 Å². The maximum atomic E-state index is 10.9. The van der Waals surface area contributed by atoms with E-state index < -0.39 is 11.7 Å². The smallest absolute Gasteiger partial charge is 0.407 e. The lowest BCUT2D eigenvalue weighted by Crippen LogP contribution is -2.48. The number of nitrogens with one attached hydrogen (secondary N) is 1. The molecule has 2 rings (SSSR count). The van der Waals surface area contributed by atoms with Gasteiger partial charge in [-0.2, -0.15) is 0 Å². The van der Waals surface area contributed by atoms with Crippen molar-refractivity contribution in [2.45, 2.75) is 19.4 Å². The Kier molecular flexibility index (Phi) is 4.52. The van der Waals surface area contributed by atoms with Gasteiger partial charge in [0.25, 0.3) is 0 Å². The lowest BCUT2D eigenvalue weighted by Gasteiger charge is -2.33. The first kappa shape index (κ1) is 15.4. The standard InChI is InChI=1S/C14H22N4O3/c1-14(2,21)10-16-11-3-4-12(15-9-11)17-5-7-18(8-6-17)13(19)20/h3-4,9,16,21H,5-8,10H2,1-2H3,(H,19,20). The molecule has 3 N–H and O–H groups in total. The molecule has 0 aliphatic carbocycles. The molecule has 7 nitrogen and oxygen atoms in total. The van der Waals surface area contributed by atoms with Crippen molar-refractivity contribution in [1.82, 2.24) is 9.88 Å². The second-order valence-corrected chi connectivity index (χ2v) is 5.83. The van der Waals surface area contributed by atoms with Gasteiger partial charge in [-0.05, 0) is 26.0 Å². The molecule has 2 heterocycles. The van der Waals surface area contributed by atoms with Crippen LogP contribution < -0.4 is 10.2 Å². The van der Waals surface area contributed by atoms with Crippen LogP contribution in [0, 0.1) is 0 Å². The fourth-order valence-corrected chi connectivity index (χ4v) is 2.12. The van der Waals surface area contributed by atoms with E-state index in [0.29, 0.717) is 32.7 Å². The SMILES string of the molecule is CC(C)(O)CNc1ccc(N2CCN(C(=O)O)CC2)nc1. The number of hydrogen-bond acceptors (Lipinski definition) is 5. The Morgan fingerprint density at radius 2 is 2.00 bits per heavy atom. The van der Waals surface area contributed by atoms with Gasteiger partial charge in [0.15, 0.2) is 0 Å².